The molecule has 28 heavy (non-hydrogen) atoms. The second kappa shape index (κ2) is 10.0. The summed E-state index contributed by atoms with van der Waals surface area (Å²) in [5.74, 6) is 2.67. The van der Waals surface area contributed by atoms with Crippen molar-refractivity contribution in [1.82, 2.24) is 4.90 Å². The third kappa shape index (κ3) is 5.18. The van der Waals surface area contributed by atoms with E-state index in [4.69, 9.17) is 14.2 Å². The van der Waals surface area contributed by atoms with Gasteiger partial charge in [-0.15, -0.1) is 0 Å². The van der Waals surface area contributed by atoms with Crippen molar-refractivity contribution in [3.8, 4) is 17.2 Å². The quantitative estimate of drug-likeness (QED) is 0.593. The third-order valence-electron chi connectivity index (χ3n) is 5.01. The summed E-state index contributed by atoms with van der Waals surface area (Å²) < 4.78 is 16.4. The van der Waals surface area contributed by atoms with Gasteiger partial charge in [0, 0.05) is 13.0 Å². The number of carbonyl (C=O) groups excluding carboxylic acids is 1. The summed E-state index contributed by atoms with van der Waals surface area (Å²) >= 11 is 0. The van der Waals surface area contributed by atoms with E-state index in [1.807, 2.05) is 48.2 Å². The van der Waals surface area contributed by atoms with E-state index in [1.54, 1.807) is 7.11 Å². The lowest BCUT2D eigenvalue weighted by Crippen LogP contribution is -2.30. The minimum Gasteiger partial charge on any atom is -0.497 e. The Hall–Kier alpha value is -2.69. The van der Waals surface area contributed by atoms with Crippen LogP contribution in [0.5, 0.6) is 17.2 Å². The van der Waals surface area contributed by atoms with Gasteiger partial charge in [-0.1, -0.05) is 12.1 Å². The average molecular weight is 383 g/mol. The predicted octanol–water partition coefficient (Wildman–Crippen LogP) is 4.62. The maximum absolute atomic E-state index is 12.7. The van der Waals surface area contributed by atoms with Crippen LogP contribution < -0.4 is 14.2 Å². The van der Waals surface area contributed by atoms with Crippen LogP contribution in [0, 0.1) is 0 Å². The molecule has 1 amide bonds. The molecule has 1 saturated heterocycles. The number of likely N-dealkylation sites (tertiary alicyclic amines) is 1. The molecule has 1 heterocycles. The van der Waals surface area contributed by atoms with E-state index in [2.05, 4.69) is 12.1 Å². The van der Waals surface area contributed by atoms with E-state index in [1.165, 1.54) is 5.56 Å². The molecule has 1 unspecified atom stereocenters. The van der Waals surface area contributed by atoms with Crippen molar-refractivity contribution >= 4 is 5.91 Å². The van der Waals surface area contributed by atoms with E-state index >= 15 is 0 Å². The highest BCUT2D eigenvalue weighted by molar-refractivity contribution is 5.77. The molecule has 0 radical (unpaired) electrons. The van der Waals surface area contributed by atoms with Crippen LogP contribution in [0.15, 0.2) is 48.5 Å². The van der Waals surface area contributed by atoms with Crippen molar-refractivity contribution in [2.75, 3.05) is 26.9 Å². The van der Waals surface area contributed by atoms with E-state index in [9.17, 15) is 4.79 Å². The van der Waals surface area contributed by atoms with Crippen LogP contribution in [-0.2, 0) is 4.79 Å². The van der Waals surface area contributed by atoms with Crippen LogP contribution in [0.2, 0.25) is 0 Å². The normalized spacial score (nSPS) is 16.1. The molecule has 1 aliphatic rings. The standard InChI is InChI=1S/C23H29NO4/c1-3-27-20-10-8-18(9-11-20)22-6-4-16-24(22)23(25)7-5-17-28-21-14-12-19(26-2)13-15-21/h8-15,22H,3-7,16-17H2,1-2H3. The lowest BCUT2D eigenvalue weighted by atomic mass is 10.0. The Morgan fingerprint density at radius 3 is 2.32 bits per heavy atom. The molecule has 0 aliphatic carbocycles. The monoisotopic (exact) mass is 383 g/mol. The van der Waals surface area contributed by atoms with Gasteiger partial charge in [0.05, 0.1) is 26.4 Å². The van der Waals surface area contributed by atoms with Crippen LogP contribution in [0.1, 0.15) is 44.2 Å². The van der Waals surface area contributed by atoms with E-state index < -0.39 is 0 Å². The van der Waals surface area contributed by atoms with Gasteiger partial charge < -0.3 is 19.1 Å². The molecule has 0 bridgehead atoms. The predicted molar refractivity (Wildman–Crippen MR) is 109 cm³/mol. The highest BCUT2D eigenvalue weighted by Gasteiger charge is 2.29. The van der Waals surface area contributed by atoms with E-state index in [-0.39, 0.29) is 11.9 Å². The molecule has 1 aliphatic heterocycles. The Morgan fingerprint density at radius 2 is 1.64 bits per heavy atom. The highest BCUT2D eigenvalue weighted by atomic mass is 16.5. The fraction of sp³-hybridized carbons (Fsp3) is 0.435. The first-order valence-electron chi connectivity index (χ1n) is 10.0. The Bertz CT molecular complexity index is 742. The van der Waals surface area contributed by atoms with Crippen molar-refractivity contribution in [3.63, 3.8) is 0 Å². The van der Waals surface area contributed by atoms with Crippen LogP contribution in [0.3, 0.4) is 0 Å². The molecule has 2 aromatic rings. The summed E-state index contributed by atoms with van der Waals surface area (Å²) in [5, 5.41) is 0. The molecular weight excluding hydrogens is 354 g/mol. The van der Waals surface area contributed by atoms with Gasteiger partial charge in [0.25, 0.3) is 0 Å². The molecule has 0 aromatic heterocycles. The first-order valence-corrected chi connectivity index (χ1v) is 10.0. The molecule has 5 heteroatoms. The Morgan fingerprint density at radius 1 is 1.00 bits per heavy atom. The van der Waals surface area contributed by atoms with Crippen LogP contribution in [0.25, 0.3) is 0 Å². The largest absolute Gasteiger partial charge is 0.497 e. The Labute approximate surface area is 167 Å². The fourth-order valence-corrected chi connectivity index (χ4v) is 3.59. The summed E-state index contributed by atoms with van der Waals surface area (Å²) in [6.45, 7) is 3.99. The molecule has 0 saturated carbocycles. The molecule has 5 nitrogen and oxygen atoms in total. The van der Waals surface area contributed by atoms with Gasteiger partial charge in [0.1, 0.15) is 17.2 Å². The van der Waals surface area contributed by atoms with Gasteiger partial charge in [-0.2, -0.15) is 0 Å². The van der Waals surface area contributed by atoms with Crippen molar-refractivity contribution < 1.29 is 19.0 Å². The van der Waals surface area contributed by atoms with Crippen molar-refractivity contribution in [2.24, 2.45) is 0 Å². The molecule has 150 valence electrons. The lowest BCUT2D eigenvalue weighted by Gasteiger charge is -2.25. The Kier molecular flexibility index (Phi) is 7.18. The SMILES string of the molecule is CCOc1ccc(C2CCCN2C(=O)CCCOc2ccc(OC)cc2)cc1. The smallest absolute Gasteiger partial charge is 0.223 e. The molecular formula is C23H29NO4. The van der Waals surface area contributed by atoms with Crippen LogP contribution in [0.4, 0.5) is 0 Å². The average Bonchev–Trinajstić information content (AvgIpc) is 3.22. The number of methoxy groups -OCH3 is 1. The maximum Gasteiger partial charge on any atom is 0.223 e. The molecule has 1 atom stereocenters. The van der Waals surface area contributed by atoms with Crippen molar-refractivity contribution in [1.29, 1.82) is 0 Å². The van der Waals surface area contributed by atoms with Gasteiger partial charge in [0.2, 0.25) is 5.91 Å². The minimum atomic E-state index is 0.172. The zero-order valence-corrected chi connectivity index (χ0v) is 16.7. The minimum absolute atomic E-state index is 0.172. The topological polar surface area (TPSA) is 48.0 Å². The zero-order valence-electron chi connectivity index (χ0n) is 16.7. The number of ether oxygens (including phenoxy) is 3. The number of nitrogens with zero attached hydrogens (tertiary/aromatic N) is 1. The van der Waals surface area contributed by atoms with Crippen LogP contribution in [-0.4, -0.2) is 37.7 Å². The lowest BCUT2D eigenvalue weighted by molar-refractivity contribution is -0.132. The first-order chi connectivity index (χ1) is 13.7. The van der Waals surface area contributed by atoms with Crippen LogP contribution >= 0.6 is 0 Å². The molecule has 2 aromatic carbocycles. The summed E-state index contributed by atoms with van der Waals surface area (Å²) in [5.41, 5.74) is 1.18. The summed E-state index contributed by atoms with van der Waals surface area (Å²) in [6, 6.07) is 15.8. The fourth-order valence-electron chi connectivity index (χ4n) is 3.59. The number of carbonyl (C=O) groups is 1. The molecule has 3 rings (SSSR count). The maximum atomic E-state index is 12.7. The molecule has 1 fully saturated rings. The number of hydrogen-bond acceptors (Lipinski definition) is 4. The summed E-state index contributed by atoms with van der Waals surface area (Å²) in [7, 11) is 1.64. The highest BCUT2D eigenvalue weighted by Crippen LogP contribution is 2.33. The second-order valence-corrected chi connectivity index (χ2v) is 6.87. The van der Waals surface area contributed by atoms with Gasteiger partial charge in [-0.3, -0.25) is 4.79 Å². The first kappa shape index (κ1) is 20.1. The van der Waals surface area contributed by atoms with Gasteiger partial charge >= 0.3 is 0 Å². The number of amides is 1. The summed E-state index contributed by atoms with van der Waals surface area (Å²) in [4.78, 5) is 14.7. The molecule has 0 spiro atoms. The molecule has 0 N–H and O–H groups in total. The number of hydrogen-bond donors (Lipinski definition) is 0. The number of rotatable bonds is 9. The van der Waals surface area contributed by atoms with Gasteiger partial charge in [0.15, 0.2) is 0 Å². The van der Waals surface area contributed by atoms with Crippen molar-refractivity contribution in [3.05, 3.63) is 54.1 Å². The van der Waals surface area contributed by atoms with E-state index in [0.29, 0.717) is 26.1 Å². The van der Waals surface area contributed by atoms with Gasteiger partial charge in [-0.05, 0) is 68.1 Å². The van der Waals surface area contributed by atoms with E-state index in [0.717, 1.165) is 36.6 Å². The van der Waals surface area contributed by atoms with Gasteiger partial charge in [-0.25, -0.2) is 0 Å². The number of benzene rings is 2. The third-order valence-corrected chi connectivity index (χ3v) is 5.01. The Balaban J connectivity index is 1.47. The summed E-state index contributed by atoms with van der Waals surface area (Å²) in [6.07, 6.45) is 3.27. The zero-order chi connectivity index (χ0) is 19.8. The van der Waals surface area contributed by atoms with Crippen molar-refractivity contribution in [2.45, 2.75) is 38.6 Å². The second-order valence-electron chi connectivity index (χ2n) is 6.87.